The predicted octanol–water partition coefficient (Wildman–Crippen LogP) is 1.16. The highest BCUT2D eigenvalue weighted by atomic mass is 16.5. The molecule has 2 rings (SSSR count). The van der Waals surface area contributed by atoms with E-state index in [1.807, 2.05) is 11.9 Å². The van der Waals surface area contributed by atoms with E-state index in [2.05, 4.69) is 5.32 Å². The lowest BCUT2D eigenvalue weighted by molar-refractivity contribution is -0.129. The predicted molar refractivity (Wildman–Crippen MR) is 66.9 cm³/mol. The van der Waals surface area contributed by atoms with Gasteiger partial charge in [-0.15, -0.1) is 0 Å². The molecule has 2 saturated carbocycles. The van der Waals surface area contributed by atoms with Crippen LogP contribution in [0.1, 0.15) is 38.5 Å². The summed E-state index contributed by atoms with van der Waals surface area (Å²) in [6, 6.07) is 0.513. The number of ether oxygens (including phenoxy) is 1. The van der Waals surface area contributed by atoms with Gasteiger partial charge in [-0.2, -0.15) is 0 Å². The highest BCUT2D eigenvalue weighted by Gasteiger charge is 2.28. The molecular weight excluding hydrogens is 216 g/mol. The highest BCUT2D eigenvalue weighted by Crippen LogP contribution is 2.25. The van der Waals surface area contributed by atoms with Crippen LogP contribution in [0.15, 0.2) is 0 Å². The molecule has 4 nitrogen and oxygen atoms in total. The number of amides is 1. The van der Waals surface area contributed by atoms with E-state index in [0.717, 1.165) is 13.2 Å². The second kappa shape index (κ2) is 6.36. The summed E-state index contributed by atoms with van der Waals surface area (Å²) < 4.78 is 5.72. The van der Waals surface area contributed by atoms with E-state index in [0.29, 0.717) is 18.7 Å². The Kier molecular flexibility index (Phi) is 4.80. The van der Waals surface area contributed by atoms with Crippen LogP contribution in [0, 0.1) is 0 Å². The third kappa shape index (κ3) is 4.28. The zero-order chi connectivity index (χ0) is 12.1. The maximum Gasteiger partial charge on any atom is 0.236 e. The van der Waals surface area contributed by atoms with Crippen LogP contribution in [0.25, 0.3) is 0 Å². The van der Waals surface area contributed by atoms with Gasteiger partial charge in [-0.05, 0) is 25.7 Å². The molecule has 0 spiro atoms. The Morgan fingerprint density at radius 2 is 2.00 bits per heavy atom. The fraction of sp³-hybridized carbons (Fsp3) is 0.923. The van der Waals surface area contributed by atoms with E-state index in [9.17, 15) is 4.79 Å². The molecule has 0 radical (unpaired) electrons. The van der Waals surface area contributed by atoms with Gasteiger partial charge in [0.15, 0.2) is 0 Å². The van der Waals surface area contributed by atoms with Crippen LogP contribution in [0.5, 0.6) is 0 Å². The van der Waals surface area contributed by atoms with Crippen LogP contribution in [0.2, 0.25) is 0 Å². The minimum Gasteiger partial charge on any atom is -0.377 e. The largest absolute Gasteiger partial charge is 0.377 e. The summed E-state index contributed by atoms with van der Waals surface area (Å²) in [5, 5.41) is 3.16. The number of hydrogen-bond donors (Lipinski definition) is 1. The van der Waals surface area contributed by atoms with E-state index in [-0.39, 0.29) is 5.91 Å². The molecule has 1 amide bonds. The molecule has 0 heterocycles. The number of nitrogens with one attached hydrogen (secondary N) is 1. The number of nitrogens with zero attached hydrogens (tertiary/aromatic N) is 1. The van der Waals surface area contributed by atoms with Gasteiger partial charge in [0, 0.05) is 19.6 Å². The smallest absolute Gasteiger partial charge is 0.236 e. The van der Waals surface area contributed by atoms with Crippen LogP contribution in [0.4, 0.5) is 0 Å². The molecule has 2 aliphatic rings. The van der Waals surface area contributed by atoms with Crippen molar-refractivity contribution in [1.82, 2.24) is 10.2 Å². The standard InChI is InChI=1S/C13H24N2O2/c1-15(11-6-7-11)13(16)10-14-8-9-17-12-4-2-3-5-12/h11-12,14H,2-10H2,1H3. The summed E-state index contributed by atoms with van der Waals surface area (Å²) in [5.41, 5.74) is 0. The van der Waals surface area contributed by atoms with Crippen LogP contribution < -0.4 is 5.32 Å². The average Bonchev–Trinajstić information content (AvgIpc) is 3.05. The molecule has 4 heteroatoms. The molecule has 0 aromatic heterocycles. The summed E-state index contributed by atoms with van der Waals surface area (Å²) in [6.07, 6.45) is 7.86. The minimum atomic E-state index is 0.202. The molecular formula is C13H24N2O2. The zero-order valence-electron chi connectivity index (χ0n) is 10.8. The quantitative estimate of drug-likeness (QED) is 0.679. The minimum absolute atomic E-state index is 0.202. The number of carbonyl (C=O) groups excluding carboxylic acids is 1. The van der Waals surface area contributed by atoms with E-state index in [1.54, 1.807) is 0 Å². The monoisotopic (exact) mass is 240 g/mol. The Morgan fingerprint density at radius 1 is 1.29 bits per heavy atom. The Bertz CT molecular complexity index is 248. The summed E-state index contributed by atoms with van der Waals surface area (Å²) in [7, 11) is 1.90. The Morgan fingerprint density at radius 3 is 2.65 bits per heavy atom. The second-order valence-electron chi connectivity index (χ2n) is 5.19. The van der Waals surface area contributed by atoms with Crippen LogP contribution in [-0.2, 0) is 9.53 Å². The van der Waals surface area contributed by atoms with Crippen molar-refractivity contribution in [1.29, 1.82) is 0 Å². The number of carbonyl (C=O) groups is 1. The molecule has 2 aliphatic carbocycles. The lowest BCUT2D eigenvalue weighted by Gasteiger charge is -2.17. The van der Waals surface area contributed by atoms with Gasteiger partial charge in [0.05, 0.1) is 19.3 Å². The first-order valence-corrected chi connectivity index (χ1v) is 6.85. The summed E-state index contributed by atoms with van der Waals surface area (Å²) in [4.78, 5) is 13.5. The lowest BCUT2D eigenvalue weighted by Crippen LogP contribution is -2.38. The van der Waals surface area contributed by atoms with Gasteiger partial charge in [0.25, 0.3) is 0 Å². The second-order valence-corrected chi connectivity index (χ2v) is 5.19. The maximum absolute atomic E-state index is 11.7. The van der Waals surface area contributed by atoms with Crippen molar-refractivity contribution < 1.29 is 9.53 Å². The van der Waals surface area contributed by atoms with Crippen molar-refractivity contribution in [2.24, 2.45) is 0 Å². The van der Waals surface area contributed by atoms with Crippen molar-refractivity contribution in [3.63, 3.8) is 0 Å². The molecule has 17 heavy (non-hydrogen) atoms. The topological polar surface area (TPSA) is 41.6 Å². The molecule has 1 N–H and O–H groups in total. The van der Waals surface area contributed by atoms with Gasteiger partial charge in [-0.3, -0.25) is 4.79 Å². The third-order valence-corrected chi connectivity index (χ3v) is 3.70. The molecule has 98 valence electrons. The number of rotatable bonds is 7. The Balaban J connectivity index is 1.46. The van der Waals surface area contributed by atoms with Crippen LogP contribution >= 0.6 is 0 Å². The number of hydrogen-bond acceptors (Lipinski definition) is 3. The average molecular weight is 240 g/mol. The molecule has 0 aromatic carbocycles. The van der Waals surface area contributed by atoms with Crippen molar-refractivity contribution in [3.8, 4) is 0 Å². The van der Waals surface area contributed by atoms with Crippen molar-refractivity contribution in [2.75, 3.05) is 26.7 Å². The molecule has 0 aromatic rings. The third-order valence-electron chi connectivity index (χ3n) is 3.70. The molecule has 2 fully saturated rings. The van der Waals surface area contributed by atoms with Gasteiger partial charge in [0.2, 0.25) is 5.91 Å². The molecule has 0 saturated heterocycles. The van der Waals surface area contributed by atoms with Gasteiger partial charge in [-0.25, -0.2) is 0 Å². The summed E-state index contributed by atoms with van der Waals surface area (Å²) in [5.74, 6) is 0.202. The maximum atomic E-state index is 11.7. The number of likely N-dealkylation sites (N-methyl/N-ethyl adjacent to an activating group) is 1. The molecule has 0 unspecified atom stereocenters. The first-order chi connectivity index (χ1) is 8.27. The first-order valence-electron chi connectivity index (χ1n) is 6.85. The van der Waals surface area contributed by atoms with Gasteiger partial charge < -0.3 is 15.0 Å². The van der Waals surface area contributed by atoms with Crippen molar-refractivity contribution >= 4 is 5.91 Å². The van der Waals surface area contributed by atoms with Gasteiger partial charge in [0.1, 0.15) is 0 Å². The van der Waals surface area contributed by atoms with Gasteiger partial charge >= 0.3 is 0 Å². The molecule has 0 atom stereocenters. The zero-order valence-corrected chi connectivity index (χ0v) is 10.8. The fourth-order valence-electron chi connectivity index (χ4n) is 2.34. The summed E-state index contributed by atoms with van der Waals surface area (Å²) in [6.45, 7) is 1.95. The lowest BCUT2D eigenvalue weighted by atomic mass is 10.3. The van der Waals surface area contributed by atoms with Crippen molar-refractivity contribution in [3.05, 3.63) is 0 Å². The Hall–Kier alpha value is -0.610. The highest BCUT2D eigenvalue weighted by molar-refractivity contribution is 5.78. The van der Waals surface area contributed by atoms with Crippen molar-refractivity contribution in [2.45, 2.75) is 50.7 Å². The molecule has 0 bridgehead atoms. The first kappa shape index (κ1) is 12.8. The SMILES string of the molecule is CN(C(=O)CNCCOC1CCCC1)C1CC1. The Labute approximate surface area is 104 Å². The van der Waals surface area contributed by atoms with E-state index < -0.39 is 0 Å². The van der Waals surface area contributed by atoms with E-state index in [4.69, 9.17) is 4.74 Å². The van der Waals surface area contributed by atoms with Crippen LogP contribution in [-0.4, -0.2) is 49.7 Å². The summed E-state index contributed by atoms with van der Waals surface area (Å²) >= 11 is 0. The van der Waals surface area contributed by atoms with Crippen LogP contribution in [0.3, 0.4) is 0 Å². The van der Waals surface area contributed by atoms with E-state index in [1.165, 1.54) is 38.5 Å². The normalized spacial score (nSPS) is 20.8. The van der Waals surface area contributed by atoms with E-state index >= 15 is 0 Å². The molecule has 0 aliphatic heterocycles. The van der Waals surface area contributed by atoms with Gasteiger partial charge in [-0.1, -0.05) is 12.8 Å². The fourth-order valence-corrected chi connectivity index (χ4v) is 2.34.